The highest BCUT2D eigenvalue weighted by Crippen LogP contribution is 2.67. The van der Waals surface area contributed by atoms with Crippen LogP contribution in [0.25, 0.3) is 0 Å². The van der Waals surface area contributed by atoms with Crippen molar-refractivity contribution in [1.29, 1.82) is 0 Å². The van der Waals surface area contributed by atoms with Crippen LogP contribution in [-0.4, -0.2) is 30.0 Å². The molecule has 94 valence electrons. The largest absolute Gasteiger partial charge is 0.300 e. The zero-order chi connectivity index (χ0) is 12.0. The first kappa shape index (κ1) is 12.3. The molecule has 2 heterocycles. The number of hydrogen-bond acceptors (Lipinski definition) is 1. The summed E-state index contributed by atoms with van der Waals surface area (Å²) in [6.45, 7) is 8.23. The summed E-state index contributed by atoms with van der Waals surface area (Å²) in [6.07, 6.45) is 3.29. The maximum absolute atomic E-state index is 13.0. The minimum atomic E-state index is -2.32. The molecule has 0 aromatic carbocycles. The summed E-state index contributed by atoms with van der Waals surface area (Å²) in [4.78, 5) is 2.26. The minimum absolute atomic E-state index is 0.160. The monoisotopic (exact) mass is 231 g/mol. The molecule has 1 spiro atoms. The Morgan fingerprint density at radius 3 is 2.25 bits per heavy atom. The van der Waals surface area contributed by atoms with Gasteiger partial charge in [0.1, 0.15) is 0 Å². The fourth-order valence-corrected chi connectivity index (χ4v) is 3.01. The lowest BCUT2D eigenvalue weighted by atomic mass is 10.0. The molecule has 0 N–H and O–H groups in total. The van der Waals surface area contributed by atoms with Gasteiger partial charge in [-0.1, -0.05) is 20.8 Å². The Morgan fingerprint density at radius 2 is 1.81 bits per heavy atom. The number of halogens is 2. The molecular formula is C13H23F2N. The molecule has 3 fully saturated rings. The van der Waals surface area contributed by atoms with E-state index in [9.17, 15) is 8.78 Å². The van der Waals surface area contributed by atoms with E-state index in [1.807, 2.05) is 0 Å². The van der Waals surface area contributed by atoms with E-state index < -0.39 is 11.3 Å². The second kappa shape index (κ2) is 3.94. The minimum Gasteiger partial charge on any atom is -0.300 e. The summed E-state index contributed by atoms with van der Waals surface area (Å²) in [5, 5.41) is 0. The van der Waals surface area contributed by atoms with Crippen molar-refractivity contribution in [2.45, 2.75) is 58.4 Å². The highest BCUT2D eigenvalue weighted by atomic mass is 19.3. The van der Waals surface area contributed by atoms with Gasteiger partial charge in [-0.3, -0.25) is 4.90 Å². The molecule has 2 aliphatic heterocycles. The summed E-state index contributed by atoms with van der Waals surface area (Å²) in [5.41, 5.74) is -0.571. The van der Waals surface area contributed by atoms with Gasteiger partial charge in [0.2, 0.25) is 0 Å². The summed E-state index contributed by atoms with van der Waals surface area (Å²) < 4.78 is 25.9. The van der Waals surface area contributed by atoms with Crippen molar-refractivity contribution in [2.75, 3.05) is 13.1 Å². The lowest BCUT2D eigenvalue weighted by molar-refractivity contribution is 0.0660. The van der Waals surface area contributed by atoms with E-state index in [1.165, 1.54) is 6.42 Å². The Bertz CT molecular complexity index is 248. The molecule has 2 atom stereocenters. The van der Waals surface area contributed by atoms with E-state index in [1.54, 1.807) is 0 Å². The predicted molar refractivity (Wildman–Crippen MR) is 61.7 cm³/mol. The van der Waals surface area contributed by atoms with Crippen molar-refractivity contribution in [3.8, 4) is 0 Å². The molecule has 0 radical (unpaired) electrons. The maximum atomic E-state index is 13.0. The van der Waals surface area contributed by atoms with Crippen molar-refractivity contribution < 1.29 is 8.78 Å². The van der Waals surface area contributed by atoms with E-state index >= 15 is 0 Å². The van der Waals surface area contributed by atoms with Gasteiger partial charge < -0.3 is 0 Å². The van der Waals surface area contributed by atoms with E-state index in [-0.39, 0.29) is 6.42 Å². The Kier molecular flexibility index (Phi) is 3.02. The third-order valence-electron chi connectivity index (χ3n) is 3.84. The number of rotatable bonds is 0. The predicted octanol–water partition coefficient (Wildman–Crippen LogP) is 3.54. The van der Waals surface area contributed by atoms with Gasteiger partial charge in [-0.05, 0) is 31.7 Å². The van der Waals surface area contributed by atoms with Crippen LogP contribution in [0, 0.1) is 11.3 Å². The number of fused-ring (bicyclic) bond motifs is 1. The van der Waals surface area contributed by atoms with Crippen LogP contribution in [0.5, 0.6) is 0 Å². The van der Waals surface area contributed by atoms with Gasteiger partial charge in [-0.25, -0.2) is 8.78 Å². The van der Waals surface area contributed by atoms with Gasteiger partial charge >= 0.3 is 0 Å². The third-order valence-corrected chi connectivity index (χ3v) is 3.84. The van der Waals surface area contributed by atoms with Crippen LogP contribution >= 0.6 is 0 Å². The number of alkyl halides is 2. The fraction of sp³-hybridized carbons (Fsp3) is 1.00. The Balaban J connectivity index is 0.000000212. The molecule has 1 unspecified atom stereocenters. The van der Waals surface area contributed by atoms with Gasteiger partial charge in [-0.15, -0.1) is 0 Å². The SMILES string of the molecule is CC(C)C.FC1(F)C[C@@]12CC1CCCN1C2. The second-order valence-electron chi connectivity index (χ2n) is 6.36. The highest BCUT2D eigenvalue weighted by molar-refractivity contribution is 5.17. The lowest BCUT2D eigenvalue weighted by Gasteiger charge is -2.12. The van der Waals surface area contributed by atoms with E-state index in [4.69, 9.17) is 0 Å². The molecule has 2 saturated heterocycles. The highest BCUT2D eigenvalue weighted by Gasteiger charge is 2.74. The Labute approximate surface area is 97.2 Å². The Morgan fingerprint density at radius 1 is 1.25 bits per heavy atom. The standard InChI is InChI=1S/C9H13F2N.C4H10/c10-9(11)5-8(9)4-7-2-1-3-12(7)6-8;1-4(2)3/h7H,1-6H2;4H,1-3H3/t7?,8-;/m1./s1. The maximum Gasteiger partial charge on any atom is 0.255 e. The van der Waals surface area contributed by atoms with E-state index in [0.29, 0.717) is 12.6 Å². The summed E-state index contributed by atoms with van der Waals surface area (Å²) in [6, 6.07) is 0.498. The lowest BCUT2D eigenvalue weighted by Crippen LogP contribution is -2.23. The molecular weight excluding hydrogens is 208 g/mol. The van der Waals surface area contributed by atoms with Crippen LogP contribution in [0.3, 0.4) is 0 Å². The molecule has 1 aliphatic carbocycles. The van der Waals surface area contributed by atoms with Crippen LogP contribution in [0.15, 0.2) is 0 Å². The van der Waals surface area contributed by atoms with Gasteiger partial charge in [0.25, 0.3) is 5.92 Å². The van der Waals surface area contributed by atoms with Gasteiger partial charge in [0.15, 0.2) is 0 Å². The average Bonchev–Trinajstić information content (AvgIpc) is 2.46. The van der Waals surface area contributed by atoms with Gasteiger partial charge in [-0.2, -0.15) is 0 Å². The first-order valence-electron chi connectivity index (χ1n) is 6.48. The van der Waals surface area contributed by atoms with E-state index in [2.05, 4.69) is 25.7 Å². The number of nitrogens with zero attached hydrogens (tertiary/aromatic N) is 1. The van der Waals surface area contributed by atoms with Crippen LogP contribution in [0.2, 0.25) is 0 Å². The summed E-state index contributed by atoms with van der Waals surface area (Å²) in [7, 11) is 0. The molecule has 1 nitrogen and oxygen atoms in total. The molecule has 0 aromatic heterocycles. The quantitative estimate of drug-likeness (QED) is 0.616. The smallest absolute Gasteiger partial charge is 0.255 e. The van der Waals surface area contributed by atoms with Gasteiger partial charge in [0, 0.05) is 19.0 Å². The number of hydrogen-bond donors (Lipinski definition) is 0. The normalized spacial score (nSPS) is 39.8. The van der Waals surface area contributed by atoms with Crippen molar-refractivity contribution >= 4 is 0 Å². The molecule has 0 amide bonds. The van der Waals surface area contributed by atoms with Gasteiger partial charge in [0.05, 0.1) is 5.41 Å². The summed E-state index contributed by atoms with van der Waals surface area (Å²) >= 11 is 0. The molecule has 0 aromatic rings. The van der Waals surface area contributed by atoms with Crippen molar-refractivity contribution in [3.05, 3.63) is 0 Å². The van der Waals surface area contributed by atoms with Crippen LogP contribution in [0.1, 0.15) is 46.5 Å². The topological polar surface area (TPSA) is 3.24 Å². The molecule has 1 saturated carbocycles. The van der Waals surface area contributed by atoms with Crippen LogP contribution < -0.4 is 0 Å². The Hall–Kier alpha value is -0.180. The molecule has 3 rings (SSSR count). The van der Waals surface area contributed by atoms with Crippen LogP contribution in [0.4, 0.5) is 8.78 Å². The second-order valence-corrected chi connectivity index (χ2v) is 6.36. The first-order chi connectivity index (χ1) is 7.36. The molecule has 3 heteroatoms. The molecule has 16 heavy (non-hydrogen) atoms. The zero-order valence-corrected chi connectivity index (χ0v) is 10.6. The summed E-state index contributed by atoms with van der Waals surface area (Å²) in [5.74, 6) is -1.49. The molecule has 0 bridgehead atoms. The third kappa shape index (κ3) is 2.11. The molecule has 3 aliphatic rings. The van der Waals surface area contributed by atoms with E-state index in [0.717, 1.165) is 25.3 Å². The first-order valence-corrected chi connectivity index (χ1v) is 6.48. The van der Waals surface area contributed by atoms with Crippen molar-refractivity contribution in [2.24, 2.45) is 11.3 Å². The van der Waals surface area contributed by atoms with Crippen molar-refractivity contribution in [3.63, 3.8) is 0 Å². The fourth-order valence-electron chi connectivity index (χ4n) is 3.01. The zero-order valence-electron chi connectivity index (χ0n) is 10.6. The average molecular weight is 231 g/mol. The van der Waals surface area contributed by atoms with Crippen molar-refractivity contribution in [1.82, 2.24) is 4.90 Å². The van der Waals surface area contributed by atoms with Crippen LogP contribution in [-0.2, 0) is 0 Å².